The zero-order valence-electron chi connectivity index (χ0n) is 15.5. The number of rotatable bonds is 8. The summed E-state index contributed by atoms with van der Waals surface area (Å²) in [7, 11) is -2.33. The molecular formula is C19H23FN2O4S. The van der Waals surface area contributed by atoms with Crippen molar-refractivity contribution >= 4 is 15.9 Å². The van der Waals surface area contributed by atoms with Gasteiger partial charge in [-0.05, 0) is 55.2 Å². The van der Waals surface area contributed by atoms with Crippen molar-refractivity contribution in [1.29, 1.82) is 0 Å². The van der Waals surface area contributed by atoms with Crippen LogP contribution in [0.3, 0.4) is 0 Å². The molecule has 146 valence electrons. The van der Waals surface area contributed by atoms with Gasteiger partial charge in [-0.25, -0.2) is 17.5 Å². The van der Waals surface area contributed by atoms with Crippen molar-refractivity contribution in [3.8, 4) is 5.75 Å². The van der Waals surface area contributed by atoms with Gasteiger partial charge in [0, 0.05) is 6.54 Å². The molecule has 0 aromatic heterocycles. The molecule has 0 heterocycles. The Morgan fingerprint density at radius 1 is 1.15 bits per heavy atom. The van der Waals surface area contributed by atoms with Crippen molar-refractivity contribution in [2.45, 2.75) is 25.2 Å². The maximum atomic E-state index is 13.5. The number of methoxy groups -OCH3 is 1. The molecule has 0 aliphatic carbocycles. The molecule has 0 aliphatic heterocycles. The Bertz CT molecular complexity index is 929. The monoisotopic (exact) mass is 394 g/mol. The van der Waals surface area contributed by atoms with Crippen LogP contribution in [0, 0.1) is 19.7 Å². The molecule has 2 aromatic rings. The molecule has 0 radical (unpaired) electrons. The molecule has 0 atom stereocenters. The van der Waals surface area contributed by atoms with Gasteiger partial charge in [0.1, 0.15) is 11.6 Å². The summed E-state index contributed by atoms with van der Waals surface area (Å²) in [5.41, 5.74) is 1.69. The lowest BCUT2D eigenvalue weighted by atomic mass is 10.1. The molecule has 6 nitrogen and oxygen atoms in total. The van der Waals surface area contributed by atoms with E-state index < -0.39 is 22.5 Å². The lowest BCUT2D eigenvalue weighted by molar-refractivity contribution is -0.119. The van der Waals surface area contributed by atoms with Gasteiger partial charge in [0.05, 0.1) is 18.6 Å². The molecule has 2 rings (SSSR count). The average molecular weight is 394 g/mol. The molecule has 2 aromatic carbocycles. The second kappa shape index (κ2) is 8.96. The molecule has 2 N–H and O–H groups in total. The zero-order valence-corrected chi connectivity index (χ0v) is 16.3. The first-order chi connectivity index (χ1) is 12.7. The lowest BCUT2D eigenvalue weighted by Crippen LogP contribution is -2.38. The highest BCUT2D eigenvalue weighted by atomic mass is 32.2. The van der Waals surface area contributed by atoms with Crippen molar-refractivity contribution < 1.29 is 22.3 Å². The molecule has 27 heavy (non-hydrogen) atoms. The minimum absolute atomic E-state index is 0.0972. The predicted molar refractivity (Wildman–Crippen MR) is 101 cm³/mol. The Kier molecular flexibility index (Phi) is 6.92. The van der Waals surface area contributed by atoms with E-state index in [4.69, 9.17) is 4.74 Å². The van der Waals surface area contributed by atoms with Crippen LogP contribution in [0.15, 0.2) is 41.3 Å². The second-order valence-electron chi connectivity index (χ2n) is 6.10. The third-order valence-electron chi connectivity index (χ3n) is 4.08. The van der Waals surface area contributed by atoms with Gasteiger partial charge in [-0.1, -0.05) is 18.2 Å². The zero-order chi connectivity index (χ0) is 20.0. The highest BCUT2D eigenvalue weighted by Gasteiger charge is 2.19. The summed E-state index contributed by atoms with van der Waals surface area (Å²) in [6.07, 6.45) is 0.321. The van der Waals surface area contributed by atoms with Gasteiger partial charge in [-0.2, -0.15) is 0 Å². The molecule has 8 heteroatoms. The number of hydrogen-bond donors (Lipinski definition) is 2. The first-order valence-corrected chi connectivity index (χ1v) is 9.88. The Hall–Kier alpha value is -2.45. The predicted octanol–water partition coefficient (Wildman–Crippen LogP) is 2.09. The number of halogens is 1. The first-order valence-electron chi connectivity index (χ1n) is 8.39. The summed E-state index contributed by atoms with van der Waals surface area (Å²) in [6.45, 7) is 3.21. The fourth-order valence-corrected chi connectivity index (χ4v) is 3.90. The summed E-state index contributed by atoms with van der Waals surface area (Å²) in [5, 5.41) is 2.57. The number of aryl methyl sites for hydroxylation is 2. The van der Waals surface area contributed by atoms with Gasteiger partial charge < -0.3 is 10.1 Å². The number of nitrogens with one attached hydrogen (secondary N) is 2. The van der Waals surface area contributed by atoms with Crippen LogP contribution in [0.2, 0.25) is 0 Å². The summed E-state index contributed by atoms with van der Waals surface area (Å²) < 4.78 is 45.9. The van der Waals surface area contributed by atoms with Crippen LogP contribution in [0.5, 0.6) is 5.75 Å². The maximum Gasteiger partial charge on any atom is 0.241 e. The summed E-state index contributed by atoms with van der Waals surface area (Å²) >= 11 is 0. The van der Waals surface area contributed by atoms with E-state index in [1.807, 2.05) is 0 Å². The largest absolute Gasteiger partial charge is 0.496 e. The van der Waals surface area contributed by atoms with E-state index in [-0.39, 0.29) is 17.3 Å². The highest BCUT2D eigenvalue weighted by molar-refractivity contribution is 7.89. The lowest BCUT2D eigenvalue weighted by Gasteiger charge is -2.13. The second-order valence-corrected chi connectivity index (χ2v) is 7.84. The molecule has 0 unspecified atom stereocenters. The third kappa shape index (κ3) is 5.51. The van der Waals surface area contributed by atoms with Crippen LogP contribution < -0.4 is 14.8 Å². The normalized spacial score (nSPS) is 11.3. The fraction of sp³-hybridized carbons (Fsp3) is 0.316. The summed E-state index contributed by atoms with van der Waals surface area (Å²) in [5.74, 6) is -0.229. The van der Waals surface area contributed by atoms with Crippen LogP contribution in [0.25, 0.3) is 0 Å². The Balaban J connectivity index is 1.92. The Morgan fingerprint density at radius 3 is 2.52 bits per heavy atom. The SMILES string of the molecule is COc1cc(C)c(S(=O)(=O)NCC(=O)NCCc2ccccc2F)cc1C. The van der Waals surface area contributed by atoms with E-state index in [0.29, 0.717) is 28.9 Å². The molecular weight excluding hydrogens is 371 g/mol. The van der Waals surface area contributed by atoms with Gasteiger partial charge in [0.2, 0.25) is 15.9 Å². The van der Waals surface area contributed by atoms with Crippen LogP contribution in [-0.4, -0.2) is 34.5 Å². The van der Waals surface area contributed by atoms with E-state index in [9.17, 15) is 17.6 Å². The average Bonchev–Trinajstić information content (AvgIpc) is 2.63. The molecule has 0 saturated carbocycles. The van der Waals surface area contributed by atoms with E-state index in [2.05, 4.69) is 10.0 Å². The van der Waals surface area contributed by atoms with Crippen LogP contribution in [-0.2, 0) is 21.2 Å². The smallest absolute Gasteiger partial charge is 0.241 e. The molecule has 0 aliphatic rings. The summed E-state index contributed by atoms with van der Waals surface area (Å²) in [4.78, 5) is 12.0. The Labute approximate surface area is 158 Å². The number of sulfonamides is 1. The molecule has 0 fully saturated rings. The molecule has 0 spiro atoms. The third-order valence-corrected chi connectivity index (χ3v) is 5.62. The van der Waals surface area contributed by atoms with Crippen LogP contribution >= 0.6 is 0 Å². The molecule has 0 bridgehead atoms. The van der Waals surface area contributed by atoms with Gasteiger partial charge >= 0.3 is 0 Å². The van der Waals surface area contributed by atoms with Crippen molar-refractivity contribution in [2.75, 3.05) is 20.2 Å². The van der Waals surface area contributed by atoms with E-state index in [1.54, 1.807) is 38.1 Å². The number of ether oxygens (including phenoxy) is 1. The molecule has 0 saturated heterocycles. The van der Waals surface area contributed by atoms with Crippen molar-refractivity contribution in [2.24, 2.45) is 0 Å². The van der Waals surface area contributed by atoms with Gasteiger partial charge in [-0.15, -0.1) is 0 Å². The highest BCUT2D eigenvalue weighted by Crippen LogP contribution is 2.25. The number of benzene rings is 2. The number of hydrogen-bond acceptors (Lipinski definition) is 4. The molecule has 1 amide bonds. The summed E-state index contributed by atoms with van der Waals surface area (Å²) in [6, 6.07) is 9.44. The fourth-order valence-electron chi connectivity index (χ4n) is 2.61. The van der Waals surface area contributed by atoms with E-state index in [0.717, 1.165) is 0 Å². The quantitative estimate of drug-likeness (QED) is 0.718. The number of carbonyl (C=O) groups is 1. The van der Waals surface area contributed by atoms with Gasteiger partial charge in [0.15, 0.2) is 0 Å². The first kappa shape index (κ1) is 20.9. The number of amides is 1. The maximum absolute atomic E-state index is 13.5. The van der Waals surface area contributed by atoms with Gasteiger partial charge in [0.25, 0.3) is 0 Å². The van der Waals surface area contributed by atoms with E-state index in [1.165, 1.54) is 19.2 Å². The van der Waals surface area contributed by atoms with Crippen molar-refractivity contribution in [3.05, 3.63) is 58.9 Å². The van der Waals surface area contributed by atoms with Crippen molar-refractivity contribution in [3.63, 3.8) is 0 Å². The van der Waals surface area contributed by atoms with Crippen molar-refractivity contribution in [1.82, 2.24) is 10.0 Å². The topological polar surface area (TPSA) is 84.5 Å². The standard InChI is InChI=1S/C19H23FN2O4S/c1-13-11-18(14(2)10-17(13)26-3)27(24,25)22-12-19(23)21-9-8-15-6-4-5-7-16(15)20/h4-7,10-11,22H,8-9,12H2,1-3H3,(H,21,23). The van der Waals surface area contributed by atoms with Crippen LogP contribution in [0.4, 0.5) is 4.39 Å². The minimum Gasteiger partial charge on any atom is -0.496 e. The van der Waals surface area contributed by atoms with Gasteiger partial charge in [-0.3, -0.25) is 4.79 Å². The minimum atomic E-state index is -3.84. The Morgan fingerprint density at radius 2 is 1.85 bits per heavy atom. The van der Waals surface area contributed by atoms with E-state index >= 15 is 0 Å². The van der Waals surface area contributed by atoms with Crippen LogP contribution in [0.1, 0.15) is 16.7 Å². The number of carbonyl (C=O) groups excluding carboxylic acids is 1.